The molecule has 1 heterocycles. The number of halogens is 1. The number of aromatic carboxylic acids is 1. The SMILES string of the molecule is C[C@H](NCc1csc(C(=O)O)n1)c1ccc(Cl)cc1. The third-order valence-electron chi connectivity index (χ3n) is 2.69. The molecule has 6 heteroatoms. The zero-order valence-electron chi connectivity index (χ0n) is 10.3. The molecule has 100 valence electrons. The van der Waals surface area contributed by atoms with Gasteiger partial charge in [0.15, 0.2) is 0 Å². The van der Waals surface area contributed by atoms with Crippen LogP contribution in [0.2, 0.25) is 5.02 Å². The number of carbonyl (C=O) groups is 1. The molecule has 0 aliphatic heterocycles. The second kappa shape index (κ2) is 6.14. The molecule has 2 aromatic rings. The van der Waals surface area contributed by atoms with Crippen LogP contribution in [0.3, 0.4) is 0 Å². The van der Waals surface area contributed by atoms with Gasteiger partial charge in [-0.1, -0.05) is 23.7 Å². The molecule has 0 unspecified atom stereocenters. The monoisotopic (exact) mass is 296 g/mol. The minimum atomic E-state index is -0.984. The summed E-state index contributed by atoms with van der Waals surface area (Å²) in [5, 5.41) is 14.7. The van der Waals surface area contributed by atoms with E-state index in [0.29, 0.717) is 11.6 Å². The number of benzene rings is 1. The van der Waals surface area contributed by atoms with Crippen molar-refractivity contribution in [3.8, 4) is 0 Å². The first-order chi connectivity index (χ1) is 9.06. The second-order valence-corrected chi connectivity index (χ2v) is 5.40. The lowest BCUT2D eigenvalue weighted by molar-refractivity contribution is 0.0696. The highest BCUT2D eigenvalue weighted by atomic mass is 35.5. The van der Waals surface area contributed by atoms with E-state index in [1.165, 1.54) is 0 Å². The number of nitrogens with zero attached hydrogens (tertiary/aromatic N) is 1. The Balaban J connectivity index is 1.94. The second-order valence-electron chi connectivity index (χ2n) is 4.10. The molecule has 0 spiro atoms. The Labute approximate surface area is 120 Å². The summed E-state index contributed by atoms with van der Waals surface area (Å²) in [4.78, 5) is 14.7. The average Bonchev–Trinajstić information content (AvgIpc) is 2.86. The van der Waals surface area contributed by atoms with E-state index in [2.05, 4.69) is 10.3 Å². The van der Waals surface area contributed by atoms with Crippen molar-refractivity contribution < 1.29 is 9.90 Å². The molecule has 4 nitrogen and oxygen atoms in total. The van der Waals surface area contributed by atoms with Gasteiger partial charge in [0.25, 0.3) is 0 Å². The summed E-state index contributed by atoms with van der Waals surface area (Å²) in [7, 11) is 0. The lowest BCUT2D eigenvalue weighted by Crippen LogP contribution is -2.18. The Kier molecular flexibility index (Phi) is 4.52. The Morgan fingerprint density at radius 3 is 2.74 bits per heavy atom. The molecule has 0 saturated heterocycles. The van der Waals surface area contributed by atoms with Gasteiger partial charge in [-0.25, -0.2) is 9.78 Å². The van der Waals surface area contributed by atoms with Gasteiger partial charge in [0, 0.05) is 23.0 Å². The number of hydrogen-bond donors (Lipinski definition) is 2. The minimum absolute atomic E-state index is 0.121. The quantitative estimate of drug-likeness (QED) is 0.888. The lowest BCUT2D eigenvalue weighted by Gasteiger charge is -2.13. The standard InChI is InChI=1S/C13H13ClN2O2S/c1-8(9-2-4-10(14)5-3-9)15-6-11-7-19-12(16-11)13(17)18/h2-5,7-8,15H,6H2,1H3,(H,17,18)/t8-/m0/s1. The van der Waals surface area contributed by atoms with Crippen LogP contribution in [0.15, 0.2) is 29.6 Å². The fraction of sp³-hybridized carbons (Fsp3) is 0.231. The van der Waals surface area contributed by atoms with E-state index in [4.69, 9.17) is 16.7 Å². The van der Waals surface area contributed by atoms with Crippen molar-refractivity contribution in [2.24, 2.45) is 0 Å². The summed E-state index contributed by atoms with van der Waals surface area (Å²) in [6, 6.07) is 7.76. The van der Waals surface area contributed by atoms with E-state index < -0.39 is 5.97 Å². The molecule has 0 fully saturated rings. The predicted octanol–water partition coefficient (Wildman–Crippen LogP) is 3.35. The van der Waals surface area contributed by atoms with Crippen molar-refractivity contribution in [2.45, 2.75) is 19.5 Å². The first-order valence-electron chi connectivity index (χ1n) is 5.73. The summed E-state index contributed by atoms with van der Waals surface area (Å²) in [6.45, 7) is 2.57. The van der Waals surface area contributed by atoms with E-state index >= 15 is 0 Å². The maximum Gasteiger partial charge on any atom is 0.365 e. The van der Waals surface area contributed by atoms with Gasteiger partial charge in [0.2, 0.25) is 5.01 Å². The van der Waals surface area contributed by atoms with Crippen molar-refractivity contribution in [1.82, 2.24) is 10.3 Å². The van der Waals surface area contributed by atoms with Crippen LogP contribution in [-0.4, -0.2) is 16.1 Å². The summed E-state index contributed by atoms with van der Waals surface area (Å²) >= 11 is 6.98. The van der Waals surface area contributed by atoms with Crippen molar-refractivity contribution >= 4 is 28.9 Å². The number of carboxylic acids is 1. The van der Waals surface area contributed by atoms with Crippen molar-refractivity contribution in [1.29, 1.82) is 0 Å². The summed E-state index contributed by atoms with van der Waals surface area (Å²) < 4.78 is 0. The number of nitrogens with one attached hydrogen (secondary N) is 1. The van der Waals surface area contributed by atoms with Crippen molar-refractivity contribution in [2.75, 3.05) is 0 Å². The van der Waals surface area contributed by atoms with Gasteiger partial charge < -0.3 is 10.4 Å². The number of carboxylic acid groups (broad SMARTS) is 1. The molecule has 1 atom stereocenters. The number of rotatable bonds is 5. The molecule has 1 aromatic heterocycles. The van der Waals surface area contributed by atoms with Crippen LogP contribution in [0.1, 0.15) is 34.0 Å². The largest absolute Gasteiger partial charge is 0.476 e. The lowest BCUT2D eigenvalue weighted by atomic mass is 10.1. The molecule has 0 saturated carbocycles. The first-order valence-corrected chi connectivity index (χ1v) is 6.98. The van der Waals surface area contributed by atoms with Crippen LogP contribution >= 0.6 is 22.9 Å². The van der Waals surface area contributed by atoms with Crippen LogP contribution in [0, 0.1) is 0 Å². The normalized spacial score (nSPS) is 12.3. The molecule has 0 aliphatic carbocycles. The Morgan fingerprint density at radius 1 is 1.47 bits per heavy atom. The zero-order chi connectivity index (χ0) is 13.8. The molecular weight excluding hydrogens is 284 g/mol. The maximum absolute atomic E-state index is 10.7. The fourth-order valence-corrected chi connectivity index (χ4v) is 2.39. The third-order valence-corrected chi connectivity index (χ3v) is 3.83. The summed E-state index contributed by atoms with van der Waals surface area (Å²) in [5.41, 5.74) is 1.86. The van der Waals surface area contributed by atoms with Crippen LogP contribution in [0.4, 0.5) is 0 Å². The maximum atomic E-state index is 10.7. The Bertz CT molecular complexity index is 568. The van der Waals surface area contributed by atoms with Gasteiger partial charge in [0.05, 0.1) is 5.69 Å². The van der Waals surface area contributed by atoms with Crippen LogP contribution < -0.4 is 5.32 Å². The van der Waals surface area contributed by atoms with Gasteiger partial charge in [0.1, 0.15) is 0 Å². The molecule has 2 rings (SSSR count). The predicted molar refractivity (Wildman–Crippen MR) is 75.8 cm³/mol. The third kappa shape index (κ3) is 3.76. The number of aromatic nitrogens is 1. The van der Waals surface area contributed by atoms with Gasteiger partial charge in [-0.15, -0.1) is 11.3 Å². The topological polar surface area (TPSA) is 62.2 Å². The average molecular weight is 297 g/mol. The summed E-state index contributed by atoms with van der Waals surface area (Å²) in [5.74, 6) is -0.984. The molecule has 0 radical (unpaired) electrons. The highest BCUT2D eigenvalue weighted by Gasteiger charge is 2.10. The zero-order valence-corrected chi connectivity index (χ0v) is 11.8. The van der Waals surface area contributed by atoms with Crippen LogP contribution in [0.25, 0.3) is 0 Å². The van der Waals surface area contributed by atoms with E-state index in [-0.39, 0.29) is 11.0 Å². The van der Waals surface area contributed by atoms with E-state index in [1.807, 2.05) is 31.2 Å². The smallest absolute Gasteiger partial charge is 0.365 e. The molecule has 1 aromatic carbocycles. The Hall–Kier alpha value is -1.43. The van der Waals surface area contributed by atoms with Gasteiger partial charge in [-0.05, 0) is 24.6 Å². The number of thiazole rings is 1. The first kappa shape index (κ1) is 14.0. The molecule has 0 aliphatic rings. The highest BCUT2D eigenvalue weighted by Crippen LogP contribution is 2.17. The molecule has 2 N–H and O–H groups in total. The van der Waals surface area contributed by atoms with Crippen molar-refractivity contribution in [3.63, 3.8) is 0 Å². The van der Waals surface area contributed by atoms with Gasteiger partial charge in [-0.2, -0.15) is 0 Å². The molecular formula is C13H13ClN2O2S. The van der Waals surface area contributed by atoms with Gasteiger partial charge in [-0.3, -0.25) is 0 Å². The van der Waals surface area contributed by atoms with E-state index in [1.54, 1.807) is 5.38 Å². The van der Waals surface area contributed by atoms with E-state index in [0.717, 1.165) is 22.6 Å². The fourth-order valence-electron chi connectivity index (χ4n) is 1.61. The van der Waals surface area contributed by atoms with Crippen LogP contribution in [-0.2, 0) is 6.54 Å². The van der Waals surface area contributed by atoms with E-state index in [9.17, 15) is 4.79 Å². The summed E-state index contributed by atoms with van der Waals surface area (Å²) in [6.07, 6.45) is 0. The van der Waals surface area contributed by atoms with Crippen LogP contribution in [0.5, 0.6) is 0 Å². The molecule has 0 amide bonds. The number of hydrogen-bond acceptors (Lipinski definition) is 4. The minimum Gasteiger partial charge on any atom is -0.476 e. The Morgan fingerprint density at radius 2 is 2.16 bits per heavy atom. The van der Waals surface area contributed by atoms with Gasteiger partial charge >= 0.3 is 5.97 Å². The molecule has 0 bridgehead atoms. The van der Waals surface area contributed by atoms with Crippen molar-refractivity contribution in [3.05, 3.63) is 50.9 Å². The highest BCUT2D eigenvalue weighted by molar-refractivity contribution is 7.11. The molecule has 19 heavy (non-hydrogen) atoms.